The zero-order valence-corrected chi connectivity index (χ0v) is 8.22. The largest absolute Gasteiger partial charge is 0.0972 e. The lowest BCUT2D eigenvalue weighted by Crippen LogP contribution is -1.92. The van der Waals surface area contributed by atoms with Gasteiger partial charge in [-0.25, -0.2) is 0 Å². The third kappa shape index (κ3) is 1.59. The van der Waals surface area contributed by atoms with Crippen LogP contribution >= 0.6 is 8.20 Å². The van der Waals surface area contributed by atoms with Gasteiger partial charge in [-0.15, -0.1) is 0 Å². The lowest BCUT2D eigenvalue weighted by atomic mass is 10.1. The number of benzene rings is 1. The first-order chi connectivity index (χ1) is 5.86. The standard InChI is InChI=1S/C11H13P/c1-9-7-8-11(12-9)10-5-3-2-4-6-10/h2-6,9H,7-8H2,1H3. The number of hydrogen-bond acceptors (Lipinski definition) is 0. The van der Waals surface area contributed by atoms with Crippen LogP contribution in [0.15, 0.2) is 30.3 Å². The molecule has 1 heterocycles. The van der Waals surface area contributed by atoms with E-state index >= 15 is 0 Å². The highest BCUT2D eigenvalue weighted by molar-refractivity contribution is 7.42. The van der Waals surface area contributed by atoms with Gasteiger partial charge in [0.2, 0.25) is 0 Å². The van der Waals surface area contributed by atoms with E-state index in [1.807, 2.05) is 0 Å². The van der Waals surface area contributed by atoms with Crippen molar-refractivity contribution in [3.05, 3.63) is 35.9 Å². The van der Waals surface area contributed by atoms with Crippen LogP contribution in [-0.4, -0.2) is 11.0 Å². The van der Waals surface area contributed by atoms with Gasteiger partial charge in [0.05, 0.1) is 0 Å². The van der Waals surface area contributed by atoms with Gasteiger partial charge in [0.15, 0.2) is 0 Å². The summed E-state index contributed by atoms with van der Waals surface area (Å²) < 4.78 is 0. The third-order valence-electron chi connectivity index (χ3n) is 2.28. The second-order valence-corrected chi connectivity index (χ2v) is 5.01. The summed E-state index contributed by atoms with van der Waals surface area (Å²) in [6.07, 6.45) is 2.67. The Bertz CT molecular complexity index is 287. The molecule has 0 radical (unpaired) electrons. The monoisotopic (exact) mass is 176 g/mol. The van der Waals surface area contributed by atoms with Crippen LogP contribution in [0.3, 0.4) is 0 Å². The minimum atomic E-state index is 0.875. The van der Waals surface area contributed by atoms with Crippen LogP contribution < -0.4 is 0 Å². The maximum Gasteiger partial charge on any atom is -0.00135 e. The van der Waals surface area contributed by atoms with Crippen LogP contribution in [0.2, 0.25) is 0 Å². The van der Waals surface area contributed by atoms with E-state index in [1.165, 1.54) is 18.4 Å². The van der Waals surface area contributed by atoms with Crippen LogP contribution in [0.25, 0.3) is 0 Å². The van der Waals surface area contributed by atoms with Crippen LogP contribution in [0, 0.1) is 0 Å². The maximum atomic E-state index is 2.33. The average molecular weight is 176 g/mol. The quantitative estimate of drug-likeness (QED) is 0.576. The number of rotatable bonds is 1. The molecule has 0 nitrogen and oxygen atoms in total. The summed E-state index contributed by atoms with van der Waals surface area (Å²) in [6, 6.07) is 10.8. The summed E-state index contributed by atoms with van der Waals surface area (Å²) in [7, 11) is 1.55. The van der Waals surface area contributed by atoms with Gasteiger partial charge in [-0.2, -0.15) is 0 Å². The highest BCUT2D eigenvalue weighted by Gasteiger charge is 2.12. The first-order valence-electron chi connectivity index (χ1n) is 4.48. The van der Waals surface area contributed by atoms with Crippen LogP contribution in [-0.2, 0) is 0 Å². The molecule has 12 heavy (non-hydrogen) atoms. The van der Waals surface area contributed by atoms with E-state index in [0.717, 1.165) is 5.66 Å². The summed E-state index contributed by atoms with van der Waals surface area (Å²) >= 11 is 0. The molecular formula is C11H13P. The molecule has 1 heteroatoms. The Morgan fingerprint density at radius 2 is 2.00 bits per heavy atom. The molecule has 1 aliphatic rings. The second kappa shape index (κ2) is 3.41. The Morgan fingerprint density at radius 3 is 2.58 bits per heavy atom. The molecule has 0 amide bonds. The molecule has 0 fully saturated rings. The molecule has 62 valence electrons. The van der Waals surface area contributed by atoms with E-state index in [9.17, 15) is 0 Å². The highest BCUT2D eigenvalue weighted by atomic mass is 31.1. The fourth-order valence-electron chi connectivity index (χ4n) is 1.59. The smallest absolute Gasteiger partial charge is 0.00135 e. The van der Waals surface area contributed by atoms with Crippen LogP contribution in [0.1, 0.15) is 25.3 Å². The van der Waals surface area contributed by atoms with E-state index < -0.39 is 0 Å². The predicted molar refractivity (Wildman–Crippen MR) is 56.2 cm³/mol. The molecule has 1 aromatic rings. The predicted octanol–water partition coefficient (Wildman–Crippen LogP) is 3.34. The van der Waals surface area contributed by atoms with E-state index in [-0.39, 0.29) is 0 Å². The molecule has 1 unspecified atom stereocenters. The van der Waals surface area contributed by atoms with Gasteiger partial charge >= 0.3 is 0 Å². The molecule has 2 rings (SSSR count). The van der Waals surface area contributed by atoms with E-state index in [1.54, 1.807) is 13.5 Å². The van der Waals surface area contributed by atoms with Crippen LogP contribution in [0.4, 0.5) is 0 Å². The van der Waals surface area contributed by atoms with Gasteiger partial charge in [-0.3, -0.25) is 0 Å². The lowest BCUT2D eigenvalue weighted by Gasteiger charge is -1.98. The van der Waals surface area contributed by atoms with Crippen molar-refractivity contribution >= 4 is 13.5 Å². The summed E-state index contributed by atoms with van der Waals surface area (Å²) in [5.74, 6) is 0. The van der Waals surface area contributed by atoms with Crippen molar-refractivity contribution in [2.45, 2.75) is 25.4 Å². The summed E-state index contributed by atoms with van der Waals surface area (Å²) in [6.45, 7) is 2.33. The summed E-state index contributed by atoms with van der Waals surface area (Å²) in [5, 5.41) is 1.63. The van der Waals surface area contributed by atoms with Crippen molar-refractivity contribution in [1.29, 1.82) is 0 Å². The maximum absolute atomic E-state index is 2.33. The fourth-order valence-corrected chi connectivity index (χ4v) is 2.94. The fraction of sp³-hybridized carbons (Fsp3) is 0.364. The van der Waals surface area contributed by atoms with Gasteiger partial charge in [0.25, 0.3) is 0 Å². The third-order valence-corrected chi connectivity index (χ3v) is 3.77. The molecule has 1 aromatic carbocycles. The van der Waals surface area contributed by atoms with Gasteiger partial charge < -0.3 is 0 Å². The van der Waals surface area contributed by atoms with Gasteiger partial charge in [0, 0.05) is 0 Å². The normalized spacial score (nSPS) is 23.8. The summed E-state index contributed by atoms with van der Waals surface area (Å²) in [5.41, 5.74) is 2.32. The first kappa shape index (κ1) is 8.01. The Morgan fingerprint density at radius 1 is 1.25 bits per heavy atom. The van der Waals surface area contributed by atoms with Crippen molar-refractivity contribution in [2.75, 3.05) is 0 Å². The van der Waals surface area contributed by atoms with E-state index in [4.69, 9.17) is 0 Å². The second-order valence-electron chi connectivity index (χ2n) is 3.33. The van der Waals surface area contributed by atoms with Crippen molar-refractivity contribution in [3.8, 4) is 0 Å². The molecule has 0 saturated carbocycles. The van der Waals surface area contributed by atoms with Crippen molar-refractivity contribution < 1.29 is 0 Å². The molecule has 1 aliphatic heterocycles. The van der Waals surface area contributed by atoms with Crippen molar-refractivity contribution in [3.63, 3.8) is 0 Å². The Hall–Kier alpha value is -0.610. The zero-order valence-electron chi connectivity index (χ0n) is 7.33. The Balaban J connectivity index is 2.27. The van der Waals surface area contributed by atoms with Gasteiger partial charge in [0.1, 0.15) is 0 Å². The first-order valence-corrected chi connectivity index (χ1v) is 5.45. The topological polar surface area (TPSA) is 0 Å². The van der Waals surface area contributed by atoms with Crippen molar-refractivity contribution in [1.82, 2.24) is 0 Å². The van der Waals surface area contributed by atoms with Crippen molar-refractivity contribution in [2.24, 2.45) is 0 Å². The minimum absolute atomic E-state index is 0.875. The molecule has 1 atom stereocenters. The molecule has 0 spiro atoms. The molecule has 0 N–H and O–H groups in total. The minimum Gasteiger partial charge on any atom is -0.0972 e. The molecule has 0 saturated heterocycles. The Kier molecular flexibility index (Phi) is 2.28. The molecular weight excluding hydrogens is 163 g/mol. The Labute approximate surface area is 75.4 Å². The van der Waals surface area contributed by atoms with Crippen LogP contribution in [0.5, 0.6) is 0 Å². The van der Waals surface area contributed by atoms with E-state index in [0.29, 0.717) is 0 Å². The van der Waals surface area contributed by atoms with E-state index in [2.05, 4.69) is 37.3 Å². The zero-order chi connectivity index (χ0) is 8.39. The average Bonchev–Trinajstić information content (AvgIpc) is 2.54. The van der Waals surface area contributed by atoms with Gasteiger partial charge in [-0.05, 0) is 29.4 Å². The number of hydrogen-bond donors (Lipinski definition) is 0. The van der Waals surface area contributed by atoms with Gasteiger partial charge in [-0.1, -0.05) is 45.5 Å². The highest BCUT2D eigenvalue weighted by Crippen LogP contribution is 2.28. The molecule has 0 bridgehead atoms. The lowest BCUT2D eigenvalue weighted by molar-refractivity contribution is 0.875. The summed E-state index contributed by atoms with van der Waals surface area (Å²) in [4.78, 5) is 0. The molecule has 0 aromatic heterocycles. The molecule has 0 aliphatic carbocycles. The SMILES string of the molecule is CC1CCC(c2ccccc2)=P1.